The van der Waals surface area contributed by atoms with Crippen LogP contribution in [0.2, 0.25) is 0 Å². The number of hydrazone groups is 1. The first-order valence-corrected chi connectivity index (χ1v) is 29.9. The summed E-state index contributed by atoms with van der Waals surface area (Å²) in [5.41, 5.74) is 1.65. The average Bonchev–Trinajstić information content (AvgIpc) is 4.14. The van der Waals surface area contributed by atoms with Gasteiger partial charge in [0.05, 0.1) is 67.9 Å². The zero-order valence-corrected chi connectivity index (χ0v) is 47.9. The molecule has 16 nitrogen and oxygen atoms in total. The van der Waals surface area contributed by atoms with E-state index in [4.69, 9.17) is 54.6 Å². The molecule has 0 saturated heterocycles. The fourth-order valence-electron chi connectivity index (χ4n) is 9.72. The SMILES string of the molecule is [C-]#[N+]CCCCN(/N=C/c1cc(OCC2CCC(C(=O)Oc3ccc(OCCCCCCOC(=O)C=C)cc3)CC2)ccc1OCC1CCC(C(=O)Oc2ccc(OCCCCCCOC(=O)C=C)cc2)CC1)c1nc2ccccc2s1. The lowest BCUT2D eigenvalue weighted by Gasteiger charge is -2.28. The number of ether oxygens (including phenoxy) is 8. The molecule has 0 radical (unpaired) electrons. The number of carbonyl (C=O) groups excluding carboxylic acids is 4. The van der Waals surface area contributed by atoms with Gasteiger partial charge in [-0.25, -0.2) is 26.2 Å². The molecule has 5 aromatic rings. The molecule has 0 amide bonds. The van der Waals surface area contributed by atoms with Crippen molar-refractivity contribution in [2.45, 2.75) is 116 Å². The maximum atomic E-state index is 13.3. The van der Waals surface area contributed by atoms with E-state index in [2.05, 4.69) is 24.1 Å². The summed E-state index contributed by atoms with van der Waals surface area (Å²) in [5, 5.41) is 7.68. The van der Waals surface area contributed by atoms with Crippen LogP contribution < -0.4 is 33.4 Å². The zero-order valence-electron chi connectivity index (χ0n) is 47.1. The van der Waals surface area contributed by atoms with Crippen LogP contribution in [0.15, 0.2) is 121 Å². The molecule has 2 aliphatic carbocycles. The number of esters is 4. The highest BCUT2D eigenvalue weighted by molar-refractivity contribution is 7.22. The molecule has 436 valence electrons. The van der Waals surface area contributed by atoms with Crippen molar-refractivity contribution in [3.8, 4) is 34.5 Å². The van der Waals surface area contributed by atoms with E-state index in [-0.39, 0.29) is 35.6 Å². The molecule has 1 aromatic heterocycles. The molecule has 2 fully saturated rings. The first-order valence-electron chi connectivity index (χ1n) is 29.0. The number of fused-ring (bicyclic) bond motifs is 1. The predicted octanol–water partition coefficient (Wildman–Crippen LogP) is 13.8. The van der Waals surface area contributed by atoms with Gasteiger partial charge in [-0.15, -0.1) is 0 Å². The summed E-state index contributed by atoms with van der Waals surface area (Å²) in [6.07, 6.45) is 18.9. The third kappa shape index (κ3) is 21.3. The molecule has 0 N–H and O–H groups in total. The Morgan fingerprint density at radius 3 is 1.61 bits per heavy atom. The van der Waals surface area contributed by atoms with E-state index in [9.17, 15) is 19.2 Å². The van der Waals surface area contributed by atoms with Crippen molar-refractivity contribution in [1.82, 2.24) is 4.98 Å². The summed E-state index contributed by atoms with van der Waals surface area (Å²) in [7, 11) is 0. The summed E-state index contributed by atoms with van der Waals surface area (Å²) in [6.45, 7) is 18.0. The smallest absolute Gasteiger partial charge is 0.330 e. The highest BCUT2D eigenvalue weighted by Crippen LogP contribution is 2.35. The lowest BCUT2D eigenvalue weighted by atomic mass is 9.82. The molecule has 2 saturated carbocycles. The van der Waals surface area contributed by atoms with E-state index >= 15 is 0 Å². The highest BCUT2D eigenvalue weighted by Gasteiger charge is 2.30. The van der Waals surface area contributed by atoms with Crippen molar-refractivity contribution in [2.24, 2.45) is 28.8 Å². The van der Waals surface area contributed by atoms with E-state index in [0.29, 0.717) is 113 Å². The molecule has 0 spiro atoms. The van der Waals surface area contributed by atoms with Crippen LogP contribution in [0.25, 0.3) is 15.1 Å². The van der Waals surface area contributed by atoms with Crippen LogP contribution in [-0.4, -0.2) is 87.8 Å². The Bertz CT molecular complexity index is 2830. The number of nitrogens with zero attached hydrogens (tertiary/aromatic N) is 4. The van der Waals surface area contributed by atoms with Crippen molar-refractivity contribution in [3.63, 3.8) is 0 Å². The fourth-order valence-corrected chi connectivity index (χ4v) is 10.7. The number of thiazole rings is 1. The number of benzene rings is 4. The van der Waals surface area contributed by atoms with Crippen LogP contribution in [0.4, 0.5) is 5.13 Å². The van der Waals surface area contributed by atoms with Crippen molar-refractivity contribution in [2.75, 3.05) is 57.7 Å². The Labute approximate surface area is 486 Å². The van der Waals surface area contributed by atoms with Gasteiger partial charge in [-0.05, 0) is 200 Å². The minimum Gasteiger partial charge on any atom is -0.494 e. The highest BCUT2D eigenvalue weighted by atomic mass is 32.1. The van der Waals surface area contributed by atoms with Gasteiger partial charge in [-0.2, -0.15) is 5.10 Å². The lowest BCUT2D eigenvalue weighted by molar-refractivity contribution is -0.141. The topological polar surface area (TPSA) is 175 Å². The quantitative estimate of drug-likeness (QED) is 0.00712. The number of rotatable bonds is 35. The monoisotopic (exact) mass is 1140 g/mol. The van der Waals surface area contributed by atoms with E-state index in [1.54, 1.807) is 35.6 Å². The summed E-state index contributed by atoms with van der Waals surface area (Å²) < 4.78 is 47.5. The molecule has 17 heteroatoms. The molecular weight excluding hydrogens is 1060 g/mol. The van der Waals surface area contributed by atoms with Gasteiger partial charge in [0.25, 0.3) is 0 Å². The number of unbranched alkanes of at least 4 members (excludes halogenated alkanes) is 7. The van der Waals surface area contributed by atoms with Gasteiger partial charge in [0, 0.05) is 30.7 Å². The molecule has 7 rings (SSSR count). The van der Waals surface area contributed by atoms with Gasteiger partial charge in [0.15, 0.2) is 0 Å². The maximum Gasteiger partial charge on any atom is 0.330 e. The molecule has 2 aliphatic rings. The lowest BCUT2D eigenvalue weighted by Crippen LogP contribution is -2.28. The molecule has 82 heavy (non-hydrogen) atoms. The molecule has 1 heterocycles. The molecule has 0 bridgehead atoms. The third-order valence-electron chi connectivity index (χ3n) is 14.6. The Hall–Kier alpha value is -7.71. The van der Waals surface area contributed by atoms with E-state index in [0.717, 1.165) is 111 Å². The molecule has 0 unspecified atom stereocenters. The summed E-state index contributed by atoms with van der Waals surface area (Å²) in [6, 6.07) is 28.2. The first-order chi connectivity index (χ1) is 40.2. The average molecular weight is 1140 g/mol. The molecule has 0 aliphatic heterocycles. The first kappa shape index (κ1) is 61.9. The number of carbonyl (C=O) groups is 4. The summed E-state index contributed by atoms with van der Waals surface area (Å²) in [4.78, 5) is 57.3. The fraction of sp³-hybridized carbons (Fsp3) is 0.462. The Kier molecular flexibility index (Phi) is 26.1. The Balaban J connectivity index is 0.880. The largest absolute Gasteiger partial charge is 0.494 e. The minimum absolute atomic E-state index is 0.192. The van der Waals surface area contributed by atoms with Crippen molar-refractivity contribution < 1.29 is 57.1 Å². The van der Waals surface area contributed by atoms with Gasteiger partial charge in [0.2, 0.25) is 11.7 Å². The minimum atomic E-state index is -0.398. The van der Waals surface area contributed by atoms with E-state index < -0.39 is 11.9 Å². The molecular formula is C65H78N4O12S. The van der Waals surface area contributed by atoms with Crippen LogP contribution in [0, 0.1) is 30.2 Å². The number of hydrogen-bond donors (Lipinski definition) is 0. The Morgan fingerprint density at radius 2 is 1.09 bits per heavy atom. The summed E-state index contributed by atoms with van der Waals surface area (Å²) >= 11 is 1.57. The van der Waals surface area contributed by atoms with Gasteiger partial charge in [-0.1, -0.05) is 36.6 Å². The number of hydrogen-bond acceptors (Lipinski definition) is 16. The second kappa shape index (κ2) is 34.5. The number of para-hydroxylation sites is 1. The van der Waals surface area contributed by atoms with Crippen molar-refractivity contribution in [3.05, 3.63) is 133 Å². The van der Waals surface area contributed by atoms with Crippen LogP contribution in [0.1, 0.15) is 121 Å². The van der Waals surface area contributed by atoms with Crippen molar-refractivity contribution in [1.29, 1.82) is 0 Å². The van der Waals surface area contributed by atoms with Gasteiger partial charge in [0.1, 0.15) is 34.5 Å². The van der Waals surface area contributed by atoms with E-state index in [1.807, 2.05) is 71.9 Å². The van der Waals surface area contributed by atoms with Gasteiger partial charge >= 0.3 is 23.9 Å². The number of anilines is 1. The van der Waals surface area contributed by atoms with Crippen LogP contribution in [-0.2, 0) is 28.7 Å². The molecule has 4 aromatic carbocycles. The van der Waals surface area contributed by atoms with Crippen molar-refractivity contribution >= 4 is 56.8 Å². The van der Waals surface area contributed by atoms with Crippen LogP contribution in [0.5, 0.6) is 34.5 Å². The normalized spacial score (nSPS) is 16.8. The summed E-state index contributed by atoms with van der Waals surface area (Å²) in [5.74, 6) is 2.63. The van der Waals surface area contributed by atoms with E-state index in [1.165, 1.54) is 12.2 Å². The zero-order chi connectivity index (χ0) is 57.6. The van der Waals surface area contributed by atoms with Crippen LogP contribution >= 0.6 is 11.3 Å². The predicted molar refractivity (Wildman–Crippen MR) is 318 cm³/mol. The molecule has 0 atom stereocenters. The standard InChI is InChI=1S/C65H78N4O12S/c1-4-61(70)76-42-16-8-6-14-40-74-53-28-32-55(33-29-53)80-63(72)50-24-20-48(21-25-50)46-78-57-36-37-59(52(44-57)45-67-69(39-13-12-38-66-3)65-68-58-18-10-11-19-60(58)82-65)79-47-49-22-26-51(27-23-49)64(73)81-56-34-30-54(31-35-56)75-41-15-7-9-17-43-77-62(71)5-2/h4-5,10-11,18-19,28-37,44-45,48-51H,1-2,6-9,12-17,20-27,38-43,46-47H2/b67-45+. The van der Waals surface area contributed by atoms with Gasteiger partial charge < -0.3 is 42.7 Å². The van der Waals surface area contributed by atoms with Crippen LogP contribution in [0.3, 0.4) is 0 Å². The second-order valence-corrected chi connectivity index (χ2v) is 21.7. The second-order valence-electron chi connectivity index (χ2n) is 20.7. The third-order valence-corrected chi connectivity index (χ3v) is 15.6. The number of aromatic nitrogens is 1. The Morgan fingerprint density at radius 1 is 0.585 bits per heavy atom. The van der Waals surface area contributed by atoms with Gasteiger partial charge in [-0.3, -0.25) is 9.59 Å². The maximum absolute atomic E-state index is 13.3.